The van der Waals surface area contributed by atoms with Crippen LogP contribution < -0.4 is 16.6 Å². The normalized spacial score (nSPS) is 23.7. The average molecular weight is 267 g/mol. The molecule has 0 bridgehead atoms. The molecule has 2 rings (SSSR count). The summed E-state index contributed by atoms with van der Waals surface area (Å²) in [5.74, 6) is 6.70. The highest BCUT2D eigenvalue weighted by atomic mass is 32.2. The largest absolute Gasteiger partial charge is 0.366 e. The van der Waals surface area contributed by atoms with Crippen LogP contribution in [0.3, 0.4) is 0 Å². The molecular weight excluding hydrogens is 246 g/mol. The number of aromatic nitrogens is 2. The zero-order valence-electron chi connectivity index (χ0n) is 10.9. The Labute approximate surface area is 112 Å². The average Bonchev–Trinajstić information content (AvgIpc) is 2.42. The lowest BCUT2D eigenvalue weighted by Crippen LogP contribution is -2.35. The van der Waals surface area contributed by atoms with Crippen LogP contribution in [0.5, 0.6) is 0 Å². The summed E-state index contributed by atoms with van der Waals surface area (Å²) in [6.45, 7) is 2.01. The molecule has 1 aromatic heterocycles. The van der Waals surface area contributed by atoms with Gasteiger partial charge in [-0.2, -0.15) is 16.7 Å². The lowest BCUT2D eigenvalue weighted by atomic mass is 9.95. The van der Waals surface area contributed by atoms with E-state index in [9.17, 15) is 0 Å². The Balaban J connectivity index is 2.11. The highest BCUT2D eigenvalue weighted by Crippen LogP contribution is 2.29. The van der Waals surface area contributed by atoms with Crippen LogP contribution in [0, 0.1) is 6.92 Å². The second-order valence-corrected chi connectivity index (χ2v) is 5.76. The Morgan fingerprint density at radius 1 is 1.39 bits per heavy atom. The SMILES string of the molecule is CSC1CCCCC1Nc1nc(NN)ncc1C. The fourth-order valence-corrected chi connectivity index (χ4v) is 3.31. The number of nitrogens with one attached hydrogen (secondary N) is 2. The second kappa shape index (κ2) is 6.24. The van der Waals surface area contributed by atoms with Gasteiger partial charge >= 0.3 is 0 Å². The number of anilines is 2. The summed E-state index contributed by atoms with van der Waals surface area (Å²) >= 11 is 1.94. The van der Waals surface area contributed by atoms with Crippen LogP contribution in [0.2, 0.25) is 0 Å². The highest BCUT2D eigenvalue weighted by Gasteiger charge is 2.24. The maximum absolute atomic E-state index is 5.35. The molecule has 2 atom stereocenters. The van der Waals surface area contributed by atoms with Gasteiger partial charge in [0.05, 0.1) is 0 Å². The van der Waals surface area contributed by atoms with Crippen LogP contribution in [-0.4, -0.2) is 27.5 Å². The molecule has 18 heavy (non-hydrogen) atoms. The van der Waals surface area contributed by atoms with Crippen molar-refractivity contribution < 1.29 is 0 Å². The summed E-state index contributed by atoms with van der Waals surface area (Å²) in [7, 11) is 0. The van der Waals surface area contributed by atoms with E-state index in [1.165, 1.54) is 25.7 Å². The Morgan fingerprint density at radius 2 is 2.17 bits per heavy atom. The van der Waals surface area contributed by atoms with Gasteiger partial charge in [0.15, 0.2) is 0 Å². The molecule has 0 amide bonds. The number of nitrogens with zero attached hydrogens (tertiary/aromatic N) is 2. The monoisotopic (exact) mass is 267 g/mol. The number of nitrogens with two attached hydrogens (primary N) is 1. The summed E-state index contributed by atoms with van der Waals surface area (Å²) in [6, 6.07) is 0.493. The molecule has 1 aromatic rings. The Hall–Kier alpha value is -1.01. The van der Waals surface area contributed by atoms with Crippen molar-refractivity contribution in [3.8, 4) is 0 Å². The van der Waals surface area contributed by atoms with Gasteiger partial charge in [-0.25, -0.2) is 10.8 Å². The smallest absolute Gasteiger partial charge is 0.239 e. The summed E-state index contributed by atoms with van der Waals surface area (Å²) in [5, 5.41) is 4.23. The minimum atomic E-state index is 0.458. The number of nitrogen functional groups attached to an aromatic ring is 1. The number of rotatable bonds is 4. The summed E-state index contributed by atoms with van der Waals surface area (Å²) < 4.78 is 0. The molecule has 1 aliphatic carbocycles. The van der Waals surface area contributed by atoms with Gasteiger partial charge < -0.3 is 5.32 Å². The van der Waals surface area contributed by atoms with E-state index in [1.807, 2.05) is 18.7 Å². The van der Waals surface area contributed by atoms with E-state index < -0.39 is 0 Å². The first-order chi connectivity index (χ1) is 8.74. The summed E-state index contributed by atoms with van der Waals surface area (Å²) in [5.41, 5.74) is 3.54. The molecule has 1 fully saturated rings. The molecule has 100 valence electrons. The standard InChI is InChI=1S/C12H21N5S/c1-8-7-14-12(17-13)16-11(8)15-9-5-3-4-6-10(9)18-2/h7,9-10H,3-6,13H2,1-2H3,(H2,14,15,16,17). The van der Waals surface area contributed by atoms with Crippen LogP contribution in [0.1, 0.15) is 31.2 Å². The van der Waals surface area contributed by atoms with Crippen molar-refractivity contribution in [1.29, 1.82) is 0 Å². The van der Waals surface area contributed by atoms with Gasteiger partial charge in [0.2, 0.25) is 5.95 Å². The molecule has 1 saturated carbocycles. The molecule has 0 radical (unpaired) electrons. The van der Waals surface area contributed by atoms with E-state index in [0.29, 0.717) is 17.2 Å². The van der Waals surface area contributed by atoms with E-state index in [2.05, 4.69) is 27.0 Å². The lowest BCUT2D eigenvalue weighted by Gasteiger charge is -2.31. The van der Waals surface area contributed by atoms with E-state index in [4.69, 9.17) is 5.84 Å². The predicted octanol–water partition coefficient (Wildman–Crippen LogP) is 2.16. The van der Waals surface area contributed by atoms with Crippen LogP contribution in [0.25, 0.3) is 0 Å². The number of thioether (sulfide) groups is 1. The Kier molecular flexibility index (Phi) is 4.66. The van der Waals surface area contributed by atoms with Gasteiger partial charge in [0, 0.05) is 23.1 Å². The van der Waals surface area contributed by atoms with E-state index in [-0.39, 0.29) is 0 Å². The fraction of sp³-hybridized carbons (Fsp3) is 0.667. The van der Waals surface area contributed by atoms with Crippen molar-refractivity contribution in [3.05, 3.63) is 11.8 Å². The Morgan fingerprint density at radius 3 is 2.89 bits per heavy atom. The molecule has 4 N–H and O–H groups in total. The van der Waals surface area contributed by atoms with E-state index in [1.54, 1.807) is 6.20 Å². The second-order valence-electron chi connectivity index (χ2n) is 4.68. The molecule has 1 heterocycles. The first-order valence-electron chi connectivity index (χ1n) is 6.34. The molecular formula is C12H21N5S. The third-order valence-electron chi connectivity index (χ3n) is 3.43. The van der Waals surface area contributed by atoms with Crippen molar-refractivity contribution >= 4 is 23.5 Å². The number of aryl methyl sites for hydroxylation is 1. The number of hydrazine groups is 1. The van der Waals surface area contributed by atoms with Gasteiger partial charge in [0.25, 0.3) is 0 Å². The van der Waals surface area contributed by atoms with Crippen molar-refractivity contribution in [3.63, 3.8) is 0 Å². The van der Waals surface area contributed by atoms with Crippen molar-refractivity contribution in [2.75, 3.05) is 17.0 Å². The molecule has 0 aliphatic heterocycles. The van der Waals surface area contributed by atoms with Gasteiger partial charge in [-0.3, -0.25) is 5.43 Å². The van der Waals surface area contributed by atoms with Crippen molar-refractivity contribution in [2.45, 2.75) is 43.9 Å². The molecule has 5 nitrogen and oxygen atoms in total. The van der Waals surface area contributed by atoms with Gasteiger partial charge in [-0.1, -0.05) is 12.8 Å². The zero-order valence-corrected chi connectivity index (χ0v) is 11.8. The minimum absolute atomic E-state index is 0.458. The van der Waals surface area contributed by atoms with E-state index >= 15 is 0 Å². The topological polar surface area (TPSA) is 75.9 Å². The minimum Gasteiger partial charge on any atom is -0.366 e. The first kappa shape index (κ1) is 13.4. The van der Waals surface area contributed by atoms with Crippen LogP contribution >= 0.6 is 11.8 Å². The van der Waals surface area contributed by atoms with Crippen LogP contribution in [0.15, 0.2) is 6.20 Å². The third-order valence-corrected chi connectivity index (χ3v) is 4.60. The lowest BCUT2D eigenvalue weighted by molar-refractivity contribution is 0.474. The molecule has 0 spiro atoms. The summed E-state index contributed by atoms with van der Waals surface area (Å²) in [4.78, 5) is 8.48. The van der Waals surface area contributed by atoms with Gasteiger partial charge in [-0.15, -0.1) is 0 Å². The van der Waals surface area contributed by atoms with Crippen molar-refractivity contribution in [2.24, 2.45) is 5.84 Å². The molecule has 1 aliphatic rings. The summed E-state index contributed by atoms with van der Waals surface area (Å²) in [6.07, 6.45) is 9.10. The van der Waals surface area contributed by atoms with Crippen molar-refractivity contribution in [1.82, 2.24) is 9.97 Å². The van der Waals surface area contributed by atoms with E-state index in [0.717, 1.165) is 11.4 Å². The number of hydrogen-bond donors (Lipinski definition) is 3. The molecule has 0 aromatic carbocycles. The highest BCUT2D eigenvalue weighted by molar-refractivity contribution is 7.99. The number of hydrogen-bond acceptors (Lipinski definition) is 6. The third kappa shape index (κ3) is 3.05. The maximum Gasteiger partial charge on any atom is 0.239 e. The zero-order chi connectivity index (χ0) is 13.0. The fourth-order valence-electron chi connectivity index (χ4n) is 2.38. The molecule has 0 saturated heterocycles. The first-order valence-corrected chi connectivity index (χ1v) is 7.63. The molecule has 6 heteroatoms. The van der Waals surface area contributed by atoms with Gasteiger partial charge in [0.1, 0.15) is 5.82 Å². The maximum atomic E-state index is 5.35. The Bertz CT molecular complexity index is 398. The predicted molar refractivity (Wildman–Crippen MR) is 77.8 cm³/mol. The van der Waals surface area contributed by atoms with Crippen LogP contribution in [-0.2, 0) is 0 Å². The van der Waals surface area contributed by atoms with Gasteiger partial charge in [-0.05, 0) is 26.0 Å². The van der Waals surface area contributed by atoms with Crippen LogP contribution in [0.4, 0.5) is 11.8 Å². The molecule has 2 unspecified atom stereocenters. The quantitative estimate of drug-likeness (QED) is 0.573.